The highest BCUT2D eigenvalue weighted by atomic mass is 32.1. The van der Waals surface area contributed by atoms with Crippen molar-refractivity contribution in [3.05, 3.63) is 32.7 Å². The molecule has 2 aromatic heterocycles. The average molecular weight is 267 g/mol. The maximum Gasteiger partial charge on any atom is 0.115 e. The van der Waals surface area contributed by atoms with Gasteiger partial charge in [-0.05, 0) is 7.05 Å². The van der Waals surface area contributed by atoms with Crippen LogP contribution in [0, 0.1) is 0 Å². The summed E-state index contributed by atoms with van der Waals surface area (Å²) in [6, 6.07) is 0.170. The van der Waals surface area contributed by atoms with Gasteiger partial charge in [0.25, 0.3) is 0 Å². The van der Waals surface area contributed by atoms with E-state index in [9.17, 15) is 0 Å². The summed E-state index contributed by atoms with van der Waals surface area (Å²) in [4.78, 5) is 10.1. The molecule has 0 saturated carbocycles. The largest absolute Gasteiger partial charge is 0.307 e. The Kier molecular flexibility index (Phi) is 3.61. The Morgan fingerprint density at radius 1 is 1.29 bits per heavy atom. The molecule has 0 aliphatic carbocycles. The van der Waals surface area contributed by atoms with Crippen molar-refractivity contribution in [3.8, 4) is 0 Å². The van der Waals surface area contributed by atoms with Crippen LogP contribution in [0.15, 0.2) is 17.1 Å². The molecule has 0 aromatic carbocycles. The van der Waals surface area contributed by atoms with Crippen molar-refractivity contribution in [3.63, 3.8) is 0 Å². The molecule has 1 unspecified atom stereocenters. The molecule has 92 valence electrons. The Labute approximate surface area is 110 Å². The van der Waals surface area contributed by atoms with E-state index in [4.69, 9.17) is 4.98 Å². The number of thiazole rings is 2. The molecule has 0 radical (unpaired) electrons. The topological polar surface area (TPSA) is 37.8 Å². The van der Waals surface area contributed by atoms with Crippen molar-refractivity contribution in [2.45, 2.75) is 32.2 Å². The predicted octanol–water partition coefficient (Wildman–Crippen LogP) is 3.21. The van der Waals surface area contributed by atoms with Gasteiger partial charge in [-0.25, -0.2) is 4.98 Å². The van der Waals surface area contributed by atoms with E-state index in [1.165, 1.54) is 4.88 Å². The second kappa shape index (κ2) is 4.84. The van der Waals surface area contributed by atoms with Crippen LogP contribution in [0.4, 0.5) is 0 Å². The van der Waals surface area contributed by atoms with Gasteiger partial charge in [0, 0.05) is 21.9 Å². The molecular weight excluding hydrogens is 250 g/mol. The summed E-state index contributed by atoms with van der Waals surface area (Å²) in [7, 11) is 1.96. The van der Waals surface area contributed by atoms with E-state index in [1.807, 2.05) is 18.8 Å². The molecule has 0 aliphatic heterocycles. The first-order chi connectivity index (χ1) is 8.02. The lowest BCUT2D eigenvalue weighted by Crippen LogP contribution is -2.17. The first-order valence-electron chi connectivity index (χ1n) is 5.54. The summed E-state index contributed by atoms with van der Waals surface area (Å²) in [5.74, 6) is 0. The smallest absolute Gasteiger partial charge is 0.115 e. The van der Waals surface area contributed by atoms with Gasteiger partial charge in [-0.3, -0.25) is 4.98 Å². The van der Waals surface area contributed by atoms with Crippen LogP contribution in [-0.2, 0) is 5.41 Å². The van der Waals surface area contributed by atoms with E-state index >= 15 is 0 Å². The van der Waals surface area contributed by atoms with Crippen LogP contribution in [0.25, 0.3) is 0 Å². The average Bonchev–Trinajstić information content (AvgIpc) is 2.87. The zero-order chi connectivity index (χ0) is 12.5. The first-order valence-corrected chi connectivity index (χ1v) is 7.30. The molecule has 2 aromatic rings. The van der Waals surface area contributed by atoms with E-state index < -0.39 is 0 Å². The maximum atomic E-state index is 4.74. The number of hydrogen-bond acceptors (Lipinski definition) is 5. The number of rotatable bonds is 3. The number of nitrogens with one attached hydrogen (secondary N) is 1. The zero-order valence-electron chi connectivity index (χ0n) is 10.5. The lowest BCUT2D eigenvalue weighted by atomic mass is 9.93. The van der Waals surface area contributed by atoms with E-state index in [1.54, 1.807) is 22.7 Å². The van der Waals surface area contributed by atoms with Crippen LogP contribution in [0.2, 0.25) is 0 Å². The summed E-state index contributed by atoms with van der Waals surface area (Å²) in [5.41, 5.74) is 3.13. The van der Waals surface area contributed by atoms with E-state index in [0.29, 0.717) is 0 Å². The molecule has 2 heterocycles. The van der Waals surface area contributed by atoms with Gasteiger partial charge in [-0.1, -0.05) is 20.8 Å². The highest BCUT2D eigenvalue weighted by molar-refractivity contribution is 7.11. The van der Waals surface area contributed by atoms with E-state index in [-0.39, 0.29) is 11.5 Å². The van der Waals surface area contributed by atoms with Gasteiger partial charge in [0.15, 0.2) is 0 Å². The van der Waals surface area contributed by atoms with Crippen LogP contribution in [0.1, 0.15) is 42.4 Å². The van der Waals surface area contributed by atoms with Crippen molar-refractivity contribution in [2.24, 2.45) is 0 Å². The molecule has 1 atom stereocenters. The second-order valence-corrected chi connectivity index (χ2v) is 6.75. The SMILES string of the molecule is CNC(c1cncs1)c1nc(C(C)(C)C)cs1. The molecule has 3 nitrogen and oxygen atoms in total. The van der Waals surface area contributed by atoms with Crippen molar-refractivity contribution in [1.29, 1.82) is 0 Å². The molecule has 17 heavy (non-hydrogen) atoms. The third kappa shape index (κ3) is 2.73. The van der Waals surface area contributed by atoms with Gasteiger partial charge in [0.05, 0.1) is 17.2 Å². The molecule has 0 bridgehead atoms. The molecule has 0 saturated heterocycles. The van der Waals surface area contributed by atoms with E-state index in [2.05, 4.69) is 36.5 Å². The second-order valence-electron chi connectivity index (χ2n) is 4.95. The van der Waals surface area contributed by atoms with Crippen molar-refractivity contribution in [2.75, 3.05) is 7.05 Å². The van der Waals surface area contributed by atoms with Gasteiger partial charge < -0.3 is 5.32 Å². The Balaban J connectivity index is 2.30. The van der Waals surface area contributed by atoms with Crippen LogP contribution in [0.3, 0.4) is 0 Å². The number of nitrogens with zero attached hydrogens (tertiary/aromatic N) is 2. The number of hydrogen-bond donors (Lipinski definition) is 1. The van der Waals surface area contributed by atoms with Crippen molar-refractivity contribution < 1.29 is 0 Å². The lowest BCUT2D eigenvalue weighted by Gasteiger charge is -2.15. The predicted molar refractivity (Wildman–Crippen MR) is 73.8 cm³/mol. The molecule has 0 fully saturated rings. The van der Waals surface area contributed by atoms with Crippen molar-refractivity contribution in [1.82, 2.24) is 15.3 Å². The van der Waals surface area contributed by atoms with Gasteiger partial charge in [0.1, 0.15) is 5.01 Å². The van der Waals surface area contributed by atoms with Crippen LogP contribution >= 0.6 is 22.7 Å². The summed E-state index contributed by atoms with van der Waals surface area (Å²) >= 11 is 3.37. The fourth-order valence-electron chi connectivity index (χ4n) is 1.52. The first kappa shape index (κ1) is 12.7. The standard InChI is InChI=1S/C12H17N3S2/c1-12(2,3)9-6-16-11(15-9)10(13-4)8-5-14-7-17-8/h5-7,10,13H,1-4H3. The third-order valence-electron chi connectivity index (χ3n) is 2.56. The van der Waals surface area contributed by atoms with E-state index in [0.717, 1.165) is 10.7 Å². The fraction of sp³-hybridized carbons (Fsp3) is 0.500. The summed E-state index contributed by atoms with van der Waals surface area (Å²) < 4.78 is 0. The third-order valence-corrected chi connectivity index (χ3v) is 4.31. The highest BCUT2D eigenvalue weighted by Crippen LogP contribution is 2.30. The lowest BCUT2D eigenvalue weighted by molar-refractivity contribution is 0.566. The Morgan fingerprint density at radius 2 is 2.06 bits per heavy atom. The van der Waals surface area contributed by atoms with Crippen LogP contribution in [-0.4, -0.2) is 17.0 Å². The minimum atomic E-state index is 0.112. The zero-order valence-corrected chi connectivity index (χ0v) is 12.2. The van der Waals surface area contributed by atoms with Gasteiger partial charge >= 0.3 is 0 Å². The van der Waals surface area contributed by atoms with Crippen LogP contribution in [0.5, 0.6) is 0 Å². The minimum Gasteiger partial charge on any atom is -0.307 e. The minimum absolute atomic E-state index is 0.112. The van der Waals surface area contributed by atoms with Gasteiger partial charge in [-0.2, -0.15) is 0 Å². The highest BCUT2D eigenvalue weighted by Gasteiger charge is 2.22. The Hall–Kier alpha value is -0.780. The van der Waals surface area contributed by atoms with Gasteiger partial charge in [0.2, 0.25) is 0 Å². The van der Waals surface area contributed by atoms with Gasteiger partial charge in [-0.15, -0.1) is 22.7 Å². The molecule has 2 rings (SSSR count). The van der Waals surface area contributed by atoms with Crippen molar-refractivity contribution >= 4 is 22.7 Å². The Morgan fingerprint density at radius 3 is 2.53 bits per heavy atom. The molecule has 5 heteroatoms. The molecule has 0 spiro atoms. The maximum absolute atomic E-state index is 4.74. The quantitative estimate of drug-likeness (QED) is 0.928. The Bertz CT molecular complexity index is 468. The van der Waals surface area contributed by atoms with Crippen LogP contribution < -0.4 is 5.32 Å². The summed E-state index contributed by atoms with van der Waals surface area (Å²) in [6.45, 7) is 6.56. The fourth-order valence-corrected chi connectivity index (χ4v) is 3.50. The number of aromatic nitrogens is 2. The molecular formula is C12H17N3S2. The summed E-state index contributed by atoms with van der Waals surface area (Å²) in [5, 5.41) is 6.57. The normalized spacial score (nSPS) is 13.9. The monoisotopic (exact) mass is 267 g/mol. The molecule has 0 aliphatic rings. The summed E-state index contributed by atoms with van der Waals surface area (Å²) in [6.07, 6.45) is 1.91. The molecule has 0 amide bonds. The molecule has 1 N–H and O–H groups in total.